The first-order valence-corrected chi connectivity index (χ1v) is 6.37. The van der Waals surface area contributed by atoms with Crippen LogP contribution in [0.2, 0.25) is 0 Å². The van der Waals surface area contributed by atoms with Gasteiger partial charge in [0, 0.05) is 12.8 Å². The Hall–Kier alpha value is -2.82. The zero-order valence-electron chi connectivity index (χ0n) is 11.9. The zero-order chi connectivity index (χ0) is 18.2. The van der Waals surface area contributed by atoms with E-state index in [-0.39, 0.29) is 6.42 Å². The lowest BCUT2D eigenvalue weighted by Crippen LogP contribution is -2.49. The highest BCUT2D eigenvalue weighted by Gasteiger charge is 2.31. The van der Waals surface area contributed by atoms with E-state index in [0.29, 0.717) is 0 Å². The van der Waals surface area contributed by atoms with E-state index in [2.05, 4.69) is 0 Å². The number of nitrogens with one attached hydrogen (secondary N) is 1. The molecule has 0 aromatic heterocycles. The molecule has 1 amide bonds. The average molecular weight is 332 g/mol. The number of nitrogens with two attached hydrogens (primary N) is 1. The number of carbonyl (C=O) groups is 6. The molecule has 0 heterocycles. The van der Waals surface area contributed by atoms with Gasteiger partial charge in [-0.1, -0.05) is 0 Å². The van der Waals surface area contributed by atoms with Crippen molar-refractivity contribution in [2.45, 2.75) is 37.8 Å². The number of rotatable bonds is 11. The molecule has 0 unspecified atom stereocenters. The quantitative estimate of drug-likeness (QED) is 0.203. The van der Waals surface area contributed by atoms with Gasteiger partial charge in [-0.2, -0.15) is 0 Å². The number of carbonyl (C=O) groups excluding carboxylic acids is 3. The summed E-state index contributed by atoms with van der Waals surface area (Å²) in [6, 6.07) is -3.17. The number of carboxylic acid groups (broad SMARTS) is 3. The molecule has 0 fully saturated rings. The Kier molecular flexibility index (Phi) is 8.12. The van der Waals surface area contributed by atoms with Crippen molar-refractivity contribution in [3.05, 3.63) is 0 Å². The second-order valence-electron chi connectivity index (χ2n) is 4.53. The molecule has 0 saturated heterocycles. The van der Waals surface area contributed by atoms with Gasteiger partial charge in [-0.15, -0.1) is 0 Å². The van der Waals surface area contributed by atoms with Crippen LogP contribution in [0.5, 0.6) is 0 Å². The summed E-state index contributed by atoms with van der Waals surface area (Å²) in [7, 11) is 0. The molecule has 0 radical (unpaired) electrons. The van der Waals surface area contributed by atoms with Crippen molar-refractivity contribution in [1.29, 1.82) is 0 Å². The third kappa shape index (κ3) is 7.66. The highest BCUT2D eigenvalue weighted by Crippen LogP contribution is 2.01. The van der Waals surface area contributed by atoms with Crippen molar-refractivity contribution in [2.24, 2.45) is 5.73 Å². The van der Waals surface area contributed by atoms with E-state index in [9.17, 15) is 28.8 Å². The fourth-order valence-corrected chi connectivity index (χ4v) is 1.44. The van der Waals surface area contributed by atoms with E-state index >= 15 is 0 Å². The second kappa shape index (κ2) is 9.25. The van der Waals surface area contributed by atoms with E-state index < -0.39 is 66.7 Å². The largest absolute Gasteiger partial charge is 0.481 e. The molecule has 0 bridgehead atoms. The van der Waals surface area contributed by atoms with Crippen LogP contribution in [-0.2, 0) is 28.8 Å². The van der Waals surface area contributed by atoms with Gasteiger partial charge in [0.2, 0.25) is 5.78 Å². The first kappa shape index (κ1) is 20.2. The van der Waals surface area contributed by atoms with Gasteiger partial charge in [-0.3, -0.25) is 24.0 Å². The molecule has 0 aromatic carbocycles. The van der Waals surface area contributed by atoms with Crippen LogP contribution in [-0.4, -0.2) is 62.8 Å². The summed E-state index contributed by atoms with van der Waals surface area (Å²) in [5.74, 6) is -8.64. The standard InChI is InChI=1S/C12H16N2O9/c13-5(1-3-7(15)16)9(19)10(20)11(21)14-6(12(22)23)2-4-8(17)18/h5-6H,1-4,13H2,(H,14,21)(H,15,16)(H,17,18)(H,22,23)/t5-,6-/m0/s1. The molecule has 0 aliphatic carbocycles. The lowest BCUT2D eigenvalue weighted by atomic mass is 10.0. The Labute approximate surface area is 129 Å². The molecule has 0 aliphatic rings. The summed E-state index contributed by atoms with van der Waals surface area (Å²) in [5, 5.41) is 27.4. The Morgan fingerprint density at radius 2 is 1.35 bits per heavy atom. The van der Waals surface area contributed by atoms with Gasteiger partial charge in [0.25, 0.3) is 11.7 Å². The lowest BCUT2D eigenvalue weighted by Gasteiger charge is -2.13. The molecular weight excluding hydrogens is 316 g/mol. The SMILES string of the molecule is N[C@@H](CCC(=O)O)C(=O)C(=O)C(=O)N[C@@H](CCC(=O)O)C(=O)O. The van der Waals surface area contributed by atoms with Gasteiger partial charge in [-0.05, 0) is 12.8 Å². The smallest absolute Gasteiger partial charge is 0.326 e. The summed E-state index contributed by atoms with van der Waals surface area (Å²) in [4.78, 5) is 66.2. The fourth-order valence-electron chi connectivity index (χ4n) is 1.44. The summed E-state index contributed by atoms with van der Waals surface area (Å²) in [6.07, 6.45) is -1.91. The molecule has 0 aromatic rings. The number of Topliss-reactive ketones (excluding diaryl/α,β-unsaturated/α-hetero) is 2. The summed E-state index contributed by atoms with van der Waals surface area (Å²) >= 11 is 0. The highest BCUT2D eigenvalue weighted by molar-refractivity contribution is 6.64. The molecule has 0 spiro atoms. The normalized spacial score (nSPS) is 12.7. The van der Waals surface area contributed by atoms with E-state index in [1.165, 1.54) is 0 Å². The van der Waals surface area contributed by atoms with Gasteiger partial charge >= 0.3 is 17.9 Å². The molecule has 6 N–H and O–H groups in total. The molecule has 0 aliphatic heterocycles. The number of amides is 1. The number of aliphatic carboxylic acids is 3. The first-order chi connectivity index (χ1) is 10.6. The number of ketones is 2. The summed E-state index contributed by atoms with van der Waals surface area (Å²) in [6.45, 7) is 0. The minimum absolute atomic E-state index is 0.367. The van der Waals surface area contributed by atoms with Crippen molar-refractivity contribution in [1.82, 2.24) is 5.32 Å². The lowest BCUT2D eigenvalue weighted by molar-refractivity contribution is -0.148. The Balaban J connectivity index is 4.69. The molecule has 0 saturated carbocycles. The molecular formula is C12H16N2O9. The van der Waals surface area contributed by atoms with E-state index in [0.717, 1.165) is 0 Å². The maximum Gasteiger partial charge on any atom is 0.326 e. The Bertz CT molecular complexity index is 529. The van der Waals surface area contributed by atoms with Gasteiger partial charge in [0.1, 0.15) is 6.04 Å². The van der Waals surface area contributed by atoms with Crippen molar-refractivity contribution in [3.63, 3.8) is 0 Å². The monoisotopic (exact) mass is 332 g/mol. The van der Waals surface area contributed by atoms with Crippen LogP contribution in [0.25, 0.3) is 0 Å². The molecule has 2 atom stereocenters. The average Bonchev–Trinajstić information content (AvgIpc) is 2.46. The predicted octanol–water partition coefficient (Wildman–Crippen LogP) is -2.25. The maximum absolute atomic E-state index is 11.5. The third-order valence-corrected chi connectivity index (χ3v) is 2.69. The van der Waals surface area contributed by atoms with Crippen molar-refractivity contribution in [3.8, 4) is 0 Å². The molecule has 11 heteroatoms. The maximum atomic E-state index is 11.5. The van der Waals surface area contributed by atoms with Crippen LogP contribution >= 0.6 is 0 Å². The van der Waals surface area contributed by atoms with Crippen LogP contribution < -0.4 is 11.1 Å². The topological polar surface area (TPSA) is 201 Å². The van der Waals surface area contributed by atoms with Gasteiger partial charge < -0.3 is 26.4 Å². The zero-order valence-corrected chi connectivity index (χ0v) is 11.9. The minimum Gasteiger partial charge on any atom is -0.481 e. The minimum atomic E-state index is -1.66. The number of hydrogen-bond donors (Lipinski definition) is 5. The van der Waals surface area contributed by atoms with E-state index in [1.54, 1.807) is 5.32 Å². The van der Waals surface area contributed by atoms with E-state index in [4.69, 9.17) is 21.1 Å². The first-order valence-electron chi connectivity index (χ1n) is 6.37. The number of hydrogen-bond acceptors (Lipinski definition) is 7. The van der Waals surface area contributed by atoms with Crippen LogP contribution in [0.15, 0.2) is 0 Å². The second-order valence-corrected chi connectivity index (χ2v) is 4.53. The van der Waals surface area contributed by atoms with Crippen molar-refractivity contribution < 1.29 is 44.1 Å². The van der Waals surface area contributed by atoms with E-state index in [1.807, 2.05) is 0 Å². The van der Waals surface area contributed by atoms with Gasteiger partial charge in [0.05, 0.1) is 6.04 Å². The fraction of sp³-hybridized carbons (Fsp3) is 0.500. The van der Waals surface area contributed by atoms with Crippen LogP contribution in [0.1, 0.15) is 25.7 Å². The molecule has 128 valence electrons. The summed E-state index contributed by atoms with van der Waals surface area (Å²) < 4.78 is 0. The number of carboxylic acids is 3. The van der Waals surface area contributed by atoms with Crippen molar-refractivity contribution >= 4 is 35.4 Å². The van der Waals surface area contributed by atoms with Crippen LogP contribution in [0.3, 0.4) is 0 Å². The molecule has 23 heavy (non-hydrogen) atoms. The third-order valence-electron chi connectivity index (χ3n) is 2.69. The Morgan fingerprint density at radius 3 is 1.78 bits per heavy atom. The molecule has 11 nitrogen and oxygen atoms in total. The predicted molar refractivity (Wildman–Crippen MR) is 71.3 cm³/mol. The highest BCUT2D eigenvalue weighted by atomic mass is 16.4. The summed E-state index contributed by atoms with van der Waals surface area (Å²) in [5.41, 5.74) is 5.29. The van der Waals surface area contributed by atoms with Crippen LogP contribution in [0, 0.1) is 0 Å². The van der Waals surface area contributed by atoms with Gasteiger partial charge in [0.15, 0.2) is 0 Å². The van der Waals surface area contributed by atoms with Crippen LogP contribution in [0.4, 0.5) is 0 Å². The van der Waals surface area contributed by atoms with Gasteiger partial charge in [-0.25, -0.2) is 4.79 Å². The molecule has 0 rings (SSSR count). The Morgan fingerprint density at radius 1 is 0.870 bits per heavy atom. The van der Waals surface area contributed by atoms with Crippen molar-refractivity contribution in [2.75, 3.05) is 0 Å².